The molecule has 0 saturated carbocycles. The first-order chi connectivity index (χ1) is 16.2. The van der Waals surface area contributed by atoms with Gasteiger partial charge in [-0.2, -0.15) is 13.2 Å². The Balaban J connectivity index is 1.41. The number of hydrogen-bond acceptors (Lipinski definition) is 5. The predicted octanol–water partition coefficient (Wildman–Crippen LogP) is 3.27. The highest BCUT2D eigenvalue weighted by molar-refractivity contribution is 6.01. The number of nitrogens with zero attached hydrogens (tertiary/aromatic N) is 2. The lowest BCUT2D eigenvalue weighted by molar-refractivity contribution is -0.138. The lowest BCUT2D eigenvalue weighted by Crippen LogP contribution is -2.42. The Morgan fingerprint density at radius 3 is 2.62 bits per heavy atom. The summed E-state index contributed by atoms with van der Waals surface area (Å²) in [7, 11) is 0. The third-order valence-electron chi connectivity index (χ3n) is 5.68. The SMILES string of the molecule is CCN(CC(=O)Nc1ccccc1C(F)(F)F)C(=O)C1CC(=O)N(c2ccc3c(c2)OCO3)C1. The molecule has 1 unspecified atom stereocenters. The van der Waals surface area contributed by atoms with Crippen molar-refractivity contribution in [3.05, 3.63) is 48.0 Å². The Kier molecular flexibility index (Phi) is 6.36. The van der Waals surface area contributed by atoms with Gasteiger partial charge in [0.15, 0.2) is 11.5 Å². The topological polar surface area (TPSA) is 88.2 Å². The Labute approximate surface area is 193 Å². The highest BCUT2D eigenvalue weighted by atomic mass is 19.4. The maximum absolute atomic E-state index is 13.2. The highest BCUT2D eigenvalue weighted by Gasteiger charge is 2.38. The molecule has 34 heavy (non-hydrogen) atoms. The molecule has 0 radical (unpaired) electrons. The average Bonchev–Trinajstić information content (AvgIpc) is 3.42. The fourth-order valence-corrected chi connectivity index (χ4v) is 3.98. The molecule has 2 aliphatic heterocycles. The summed E-state index contributed by atoms with van der Waals surface area (Å²) in [5.41, 5.74) is -0.791. The number of para-hydroxylation sites is 1. The Bertz CT molecular complexity index is 1120. The third kappa shape index (κ3) is 4.78. The van der Waals surface area contributed by atoms with Crippen LogP contribution in [-0.2, 0) is 20.6 Å². The van der Waals surface area contributed by atoms with Gasteiger partial charge in [0.1, 0.15) is 0 Å². The van der Waals surface area contributed by atoms with Gasteiger partial charge in [0.2, 0.25) is 24.5 Å². The van der Waals surface area contributed by atoms with Crippen molar-refractivity contribution in [1.29, 1.82) is 0 Å². The number of anilines is 2. The van der Waals surface area contributed by atoms with Gasteiger partial charge in [-0.1, -0.05) is 12.1 Å². The van der Waals surface area contributed by atoms with Crippen LogP contribution in [0.2, 0.25) is 0 Å². The molecule has 2 aromatic carbocycles. The van der Waals surface area contributed by atoms with E-state index in [2.05, 4.69) is 5.32 Å². The number of hydrogen-bond donors (Lipinski definition) is 1. The fourth-order valence-electron chi connectivity index (χ4n) is 3.98. The number of nitrogens with one attached hydrogen (secondary N) is 1. The zero-order chi connectivity index (χ0) is 24.5. The van der Waals surface area contributed by atoms with Crippen LogP contribution in [0.1, 0.15) is 18.9 Å². The van der Waals surface area contributed by atoms with Gasteiger partial charge < -0.3 is 24.6 Å². The summed E-state index contributed by atoms with van der Waals surface area (Å²) in [6.07, 6.45) is -4.67. The molecule has 1 saturated heterocycles. The van der Waals surface area contributed by atoms with Gasteiger partial charge in [-0.05, 0) is 31.2 Å². The first-order valence-electron chi connectivity index (χ1n) is 10.6. The van der Waals surface area contributed by atoms with Crippen LogP contribution in [0.5, 0.6) is 11.5 Å². The monoisotopic (exact) mass is 477 g/mol. The van der Waals surface area contributed by atoms with E-state index in [0.29, 0.717) is 17.2 Å². The third-order valence-corrected chi connectivity index (χ3v) is 5.68. The average molecular weight is 477 g/mol. The van der Waals surface area contributed by atoms with E-state index in [1.807, 2.05) is 0 Å². The zero-order valence-corrected chi connectivity index (χ0v) is 18.2. The van der Waals surface area contributed by atoms with Crippen LogP contribution in [0.25, 0.3) is 0 Å². The summed E-state index contributed by atoms with van der Waals surface area (Å²) in [5, 5.41) is 2.24. The van der Waals surface area contributed by atoms with E-state index in [9.17, 15) is 27.6 Å². The molecule has 11 heteroatoms. The Morgan fingerprint density at radius 1 is 1.15 bits per heavy atom. The first kappa shape index (κ1) is 23.4. The molecule has 1 fully saturated rings. The number of amides is 3. The Morgan fingerprint density at radius 2 is 1.88 bits per heavy atom. The molecule has 0 aliphatic carbocycles. The molecule has 1 atom stereocenters. The predicted molar refractivity (Wildman–Crippen MR) is 115 cm³/mol. The lowest BCUT2D eigenvalue weighted by Gasteiger charge is -2.24. The standard InChI is InChI=1S/C23H22F3N3O5/c1-2-28(12-20(30)27-17-6-4-3-5-16(17)23(24,25)26)22(32)14-9-21(31)29(11-14)15-7-8-18-19(10-15)34-13-33-18/h3-8,10,14H,2,9,11-13H2,1H3,(H,27,30). The molecule has 8 nitrogen and oxygen atoms in total. The molecule has 3 amide bonds. The van der Waals surface area contributed by atoms with Crippen molar-refractivity contribution in [2.45, 2.75) is 19.5 Å². The van der Waals surface area contributed by atoms with Crippen LogP contribution in [0.4, 0.5) is 24.5 Å². The zero-order valence-electron chi connectivity index (χ0n) is 18.2. The second kappa shape index (κ2) is 9.24. The second-order valence-corrected chi connectivity index (χ2v) is 7.89. The van der Waals surface area contributed by atoms with Gasteiger partial charge in [-0.3, -0.25) is 14.4 Å². The second-order valence-electron chi connectivity index (χ2n) is 7.89. The Hall–Kier alpha value is -3.76. The van der Waals surface area contributed by atoms with E-state index >= 15 is 0 Å². The number of carbonyl (C=O) groups is 3. The number of alkyl halides is 3. The van der Waals surface area contributed by atoms with Crippen molar-refractivity contribution in [2.24, 2.45) is 5.92 Å². The summed E-state index contributed by atoms with van der Waals surface area (Å²) in [6.45, 7) is 1.58. The molecule has 0 bridgehead atoms. The largest absolute Gasteiger partial charge is 0.454 e. The van der Waals surface area contributed by atoms with E-state index in [1.54, 1.807) is 25.1 Å². The maximum atomic E-state index is 13.2. The minimum absolute atomic E-state index is 0.0394. The molecular weight excluding hydrogens is 455 g/mol. The normalized spacial score (nSPS) is 17.1. The van der Waals surface area contributed by atoms with Crippen molar-refractivity contribution in [1.82, 2.24) is 4.90 Å². The highest BCUT2D eigenvalue weighted by Crippen LogP contribution is 2.37. The van der Waals surface area contributed by atoms with Gasteiger partial charge in [0.25, 0.3) is 0 Å². The van der Waals surface area contributed by atoms with E-state index in [1.165, 1.54) is 21.9 Å². The van der Waals surface area contributed by atoms with Gasteiger partial charge in [0.05, 0.1) is 23.7 Å². The number of fused-ring (bicyclic) bond motifs is 1. The van der Waals surface area contributed by atoms with Crippen molar-refractivity contribution >= 4 is 29.1 Å². The smallest absolute Gasteiger partial charge is 0.418 e. The van der Waals surface area contributed by atoms with Crippen LogP contribution in [0.15, 0.2) is 42.5 Å². The van der Waals surface area contributed by atoms with Gasteiger partial charge in [-0.25, -0.2) is 0 Å². The first-order valence-corrected chi connectivity index (χ1v) is 10.6. The van der Waals surface area contributed by atoms with E-state index in [4.69, 9.17) is 9.47 Å². The summed E-state index contributed by atoms with van der Waals surface area (Å²) in [5.74, 6) is -1.04. The number of carbonyl (C=O) groups excluding carboxylic acids is 3. The summed E-state index contributed by atoms with van der Waals surface area (Å²) in [4.78, 5) is 40.8. The van der Waals surface area contributed by atoms with Gasteiger partial charge >= 0.3 is 6.18 Å². The fraction of sp³-hybridized carbons (Fsp3) is 0.348. The molecule has 2 aromatic rings. The van der Waals surface area contributed by atoms with Gasteiger partial charge in [0, 0.05) is 31.3 Å². The molecule has 2 aliphatic rings. The van der Waals surface area contributed by atoms with Crippen molar-refractivity contribution < 1.29 is 37.0 Å². The summed E-state index contributed by atoms with van der Waals surface area (Å²) < 4.78 is 50.1. The number of likely N-dealkylation sites (N-methyl/N-ethyl adjacent to an activating group) is 1. The summed E-state index contributed by atoms with van der Waals surface area (Å²) >= 11 is 0. The number of rotatable bonds is 6. The maximum Gasteiger partial charge on any atom is 0.418 e. The van der Waals surface area contributed by atoms with E-state index < -0.39 is 36.0 Å². The molecule has 2 heterocycles. The number of benzene rings is 2. The van der Waals surface area contributed by atoms with Gasteiger partial charge in [-0.15, -0.1) is 0 Å². The van der Waals surface area contributed by atoms with Crippen LogP contribution < -0.4 is 19.7 Å². The summed E-state index contributed by atoms with van der Waals surface area (Å²) in [6, 6.07) is 9.66. The molecule has 180 valence electrons. The quantitative estimate of drug-likeness (QED) is 0.690. The number of halogens is 3. The number of ether oxygens (including phenoxy) is 2. The van der Waals surface area contributed by atoms with Crippen LogP contribution in [0.3, 0.4) is 0 Å². The molecule has 0 spiro atoms. The van der Waals surface area contributed by atoms with Crippen LogP contribution in [0, 0.1) is 5.92 Å². The molecule has 1 N–H and O–H groups in total. The molecule has 4 rings (SSSR count). The van der Waals surface area contributed by atoms with Crippen molar-refractivity contribution in [2.75, 3.05) is 36.6 Å². The van der Waals surface area contributed by atoms with Crippen LogP contribution >= 0.6 is 0 Å². The minimum Gasteiger partial charge on any atom is -0.454 e. The van der Waals surface area contributed by atoms with E-state index in [-0.39, 0.29) is 37.9 Å². The van der Waals surface area contributed by atoms with Crippen molar-refractivity contribution in [3.63, 3.8) is 0 Å². The molecular formula is C23H22F3N3O5. The van der Waals surface area contributed by atoms with E-state index in [0.717, 1.165) is 12.1 Å². The minimum atomic E-state index is -4.63. The molecule has 0 aromatic heterocycles. The van der Waals surface area contributed by atoms with Crippen molar-refractivity contribution in [3.8, 4) is 11.5 Å². The van der Waals surface area contributed by atoms with Crippen LogP contribution in [-0.4, -0.2) is 49.0 Å². The lowest BCUT2D eigenvalue weighted by atomic mass is 10.1.